The molecule has 7 rings (SSSR count). The summed E-state index contributed by atoms with van der Waals surface area (Å²) in [5.74, 6) is 0. The van der Waals surface area contributed by atoms with Crippen LogP contribution in [0.25, 0.3) is 20.1 Å². The van der Waals surface area contributed by atoms with Crippen molar-refractivity contribution >= 4 is 52.0 Å². The largest absolute Gasteiger partial charge is 0.354 e. The van der Waals surface area contributed by atoms with Gasteiger partial charge in [-0.15, -0.1) is 0 Å². The van der Waals surface area contributed by atoms with E-state index in [-0.39, 0.29) is 0 Å². The topological polar surface area (TPSA) is 63.2 Å². The number of hydrogen-bond acceptors (Lipinski definition) is 0. The maximum absolute atomic E-state index is 3.87. The molecule has 5 heterocycles. The molecule has 0 spiro atoms. The molecule has 0 amide bonds. The molecule has 0 saturated heterocycles. The molecule has 6 heteroatoms. The fourth-order valence-electron chi connectivity index (χ4n) is 5.09. The van der Waals surface area contributed by atoms with E-state index in [0.29, 0.717) is 0 Å². The average Bonchev–Trinajstić information content (AvgIpc) is 3.77. The third-order valence-corrected chi connectivity index (χ3v) is 8.60. The van der Waals surface area contributed by atoms with E-state index < -0.39 is 0 Å². The van der Waals surface area contributed by atoms with Gasteiger partial charge < -0.3 is 19.9 Å². The number of benzene rings is 2. The summed E-state index contributed by atoms with van der Waals surface area (Å²) < 4.78 is 1.94. The lowest BCUT2D eigenvalue weighted by Gasteiger charge is -2.07. The van der Waals surface area contributed by atoms with Crippen LogP contribution in [-0.4, -0.2) is 19.9 Å². The summed E-state index contributed by atoms with van der Waals surface area (Å²) in [7, 11) is 0. The number of hydrogen-bond donors (Lipinski definition) is 4. The summed E-state index contributed by atoms with van der Waals surface area (Å²) in [5.41, 5.74) is 8.54. The molecule has 0 unspecified atom stereocenters. The Hall–Kier alpha value is -4.00. The van der Waals surface area contributed by atoms with E-state index in [4.69, 9.17) is 0 Å². The fourth-order valence-corrected chi connectivity index (χ4v) is 6.01. The molecule has 6 aromatic rings. The molecule has 1 aliphatic rings. The Balaban J connectivity index is 1.59. The molecule has 0 fully saturated rings. The Morgan fingerprint density at radius 2 is 0.711 bits per heavy atom. The van der Waals surface area contributed by atoms with Gasteiger partial charge in [0.1, 0.15) is 0 Å². The zero-order valence-corrected chi connectivity index (χ0v) is 23.3. The number of rotatable bonds is 2. The van der Waals surface area contributed by atoms with Crippen molar-refractivity contribution < 1.29 is 0 Å². The molecule has 0 saturated carbocycles. The van der Waals surface area contributed by atoms with Crippen molar-refractivity contribution in [1.29, 1.82) is 0 Å². The number of fused-ring (bicyclic) bond motifs is 8. The minimum Gasteiger partial charge on any atom is -0.354 e. The van der Waals surface area contributed by atoms with Crippen LogP contribution in [0, 0.1) is 0 Å². The van der Waals surface area contributed by atoms with Gasteiger partial charge in [-0.2, -0.15) is 0 Å². The lowest BCUT2D eigenvalue weighted by atomic mass is 10.0. The molecule has 0 radical (unpaired) electrons. The van der Waals surface area contributed by atoms with Crippen molar-refractivity contribution in [2.75, 3.05) is 0 Å². The Labute approximate surface area is 235 Å². The number of aromatic amines is 4. The van der Waals surface area contributed by atoms with Crippen LogP contribution in [0.15, 0.2) is 109 Å². The van der Waals surface area contributed by atoms with Crippen LogP contribution >= 0.6 is 31.9 Å². The van der Waals surface area contributed by atoms with Crippen LogP contribution in [-0.2, 0) is 0 Å². The maximum atomic E-state index is 3.87. The first kappa shape index (κ1) is 23.1. The predicted octanol–water partition coefficient (Wildman–Crippen LogP) is 4.91. The molecule has 0 aliphatic carbocycles. The average molecular weight is 622 g/mol. The van der Waals surface area contributed by atoms with Crippen LogP contribution < -0.4 is 21.4 Å². The second kappa shape index (κ2) is 9.39. The van der Waals surface area contributed by atoms with E-state index in [0.717, 1.165) is 75.4 Å². The van der Waals surface area contributed by atoms with Gasteiger partial charge in [-0.1, -0.05) is 60.7 Å². The molecule has 38 heavy (non-hydrogen) atoms. The van der Waals surface area contributed by atoms with Crippen LogP contribution in [0.4, 0.5) is 0 Å². The molecule has 184 valence electrons. The molecular weight excluding hydrogens is 600 g/mol. The van der Waals surface area contributed by atoms with Crippen molar-refractivity contribution in [1.82, 2.24) is 19.9 Å². The summed E-state index contributed by atoms with van der Waals surface area (Å²) in [6.07, 6.45) is 0. The second-order valence-corrected chi connectivity index (χ2v) is 10.8. The molecule has 8 bridgehead atoms. The number of H-pyrrole nitrogens is 4. The maximum Gasteiger partial charge on any atom is 0.0645 e. The fraction of sp³-hybridized carbons (Fsp3) is 0. The first-order valence-electron chi connectivity index (χ1n) is 12.3. The highest BCUT2D eigenvalue weighted by Crippen LogP contribution is 2.26. The smallest absolute Gasteiger partial charge is 0.0645 e. The van der Waals surface area contributed by atoms with Gasteiger partial charge in [0.05, 0.1) is 31.1 Å². The van der Waals surface area contributed by atoms with Crippen molar-refractivity contribution in [3.63, 3.8) is 0 Å². The van der Waals surface area contributed by atoms with E-state index in [1.54, 1.807) is 0 Å². The Morgan fingerprint density at radius 1 is 0.342 bits per heavy atom. The number of nitrogens with one attached hydrogen (secondary N) is 4. The first-order chi connectivity index (χ1) is 18.7. The van der Waals surface area contributed by atoms with E-state index in [1.807, 2.05) is 12.1 Å². The normalized spacial score (nSPS) is 13.3. The molecule has 4 nitrogen and oxygen atoms in total. The monoisotopic (exact) mass is 620 g/mol. The Morgan fingerprint density at radius 3 is 1.13 bits per heavy atom. The highest BCUT2D eigenvalue weighted by molar-refractivity contribution is 9.15. The zero-order chi connectivity index (χ0) is 25.6. The van der Waals surface area contributed by atoms with Crippen LogP contribution in [0.3, 0.4) is 0 Å². The molecule has 1 aliphatic heterocycles. The predicted molar refractivity (Wildman–Crippen MR) is 161 cm³/mol. The lowest BCUT2D eigenvalue weighted by molar-refractivity contribution is 1.20. The van der Waals surface area contributed by atoms with Crippen LogP contribution in [0.1, 0.15) is 33.9 Å². The number of aromatic nitrogens is 4. The summed E-state index contributed by atoms with van der Waals surface area (Å²) in [6.45, 7) is 0. The minimum atomic E-state index is 0.970. The summed E-state index contributed by atoms with van der Waals surface area (Å²) >= 11 is 7.74. The van der Waals surface area contributed by atoms with Crippen molar-refractivity contribution in [3.8, 4) is 0 Å². The van der Waals surface area contributed by atoms with E-state index in [9.17, 15) is 0 Å². The molecule has 2 aromatic carbocycles. The van der Waals surface area contributed by atoms with Crippen molar-refractivity contribution in [2.24, 2.45) is 0 Å². The van der Waals surface area contributed by atoms with Gasteiger partial charge in [-0.3, -0.25) is 0 Å². The molecule has 4 N–H and O–H groups in total. The highest BCUT2D eigenvalue weighted by atomic mass is 79.9. The lowest BCUT2D eigenvalue weighted by Crippen LogP contribution is -2.17. The van der Waals surface area contributed by atoms with Crippen LogP contribution in [0.5, 0.6) is 0 Å². The Kier molecular flexibility index (Phi) is 5.72. The minimum absolute atomic E-state index is 0.970. The summed E-state index contributed by atoms with van der Waals surface area (Å²) in [4.78, 5) is 14.6. The third-order valence-electron chi connectivity index (χ3n) is 6.89. The van der Waals surface area contributed by atoms with Gasteiger partial charge in [0.25, 0.3) is 0 Å². The quantitative estimate of drug-likeness (QED) is 0.212. The Bertz CT molecular complexity index is 1890. The van der Waals surface area contributed by atoms with Gasteiger partial charge in [-0.05, 0) is 91.5 Å². The van der Waals surface area contributed by atoms with E-state index in [2.05, 4.69) is 149 Å². The standard InChI is InChI=1S/C32H22Br2N4/c33-31-25-15-11-21(35-25)29(19-7-3-1-4-8-19)22-12-16-26(36-22)32(34)28-18-14-24(38-28)30(20-9-5-2-6-10-20)23-13-17-27(31)37-23/h1-18,35-38H. The molecule has 0 atom stereocenters. The van der Waals surface area contributed by atoms with Crippen LogP contribution in [0.2, 0.25) is 0 Å². The van der Waals surface area contributed by atoms with Gasteiger partial charge in [0.15, 0.2) is 0 Å². The summed E-state index contributed by atoms with van der Waals surface area (Å²) in [5, 5.41) is 4.06. The van der Waals surface area contributed by atoms with Gasteiger partial charge in [0.2, 0.25) is 0 Å². The van der Waals surface area contributed by atoms with Gasteiger partial charge in [0, 0.05) is 33.2 Å². The SMILES string of the molecule is BrC1=c2ccc([nH]2)=C(c2ccccc2)c2ccc([nH]2)C(Br)=c2ccc([nH]2)=C(c2ccccc2)c2ccc1[nH]2. The third kappa shape index (κ3) is 3.97. The van der Waals surface area contributed by atoms with Crippen molar-refractivity contribution in [3.05, 3.63) is 164 Å². The second-order valence-electron chi connectivity index (χ2n) is 9.25. The highest BCUT2D eigenvalue weighted by Gasteiger charge is 2.15. The van der Waals surface area contributed by atoms with E-state index in [1.165, 1.54) is 0 Å². The first-order valence-corrected chi connectivity index (χ1v) is 13.9. The van der Waals surface area contributed by atoms with Crippen molar-refractivity contribution in [2.45, 2.75) is 0 Å². The van der Waals surface area contributed by atoms with Gasteiger partial charge >= 0.3 is 0 Å². The molecular formula is C32H22Br2N4. The molecule has 4 aromatic heterocycles. The van der Waals surface area contributed by atoms with E-state index >= 15 is 0 Å². The van der Waals surface area contributed by atoms with Gasteiger partial charge in [-0.25, -0.2) is 0 Å². The zero-order valence-electron chi connectivity index (χ0n) is 20.1. The summed E-state index contributed by atoms with van der Waals surface area (Å²) in [6, 6.07) is 37.9. The number of halogens is 2.